The molecule has 1 heterocycles. The Hall–Kier alpha value is -3.20. The summed E-state index contributed by atoms with van der Waals surface area (Å²) in [7, 11) is 0. The van der Waals surface area contributed by atoms with Crippen molar-refractivity contribution in [3.63, 3.8) is 0 Å². The Kier molecular flexibility index (Phi) is 5.30. The molecule has 3 aromatic rings. The minimum absolute atomic E-state index is 0.103. The molecule has 0 aliphatic carbocycles. The van der Waals surface area contributed by atoms with E-state index in [0.29, 0.717) is 26.9 Å². The summed E-state index contributed by atoms with van der Waals surface area (Å²) in [5.74, 6) is 2.61. The Balaban J connectivity index is 1.79. The van der Waals surface area contributed by atoms with Gasteiger partial charge in [0.05, 0.1) is 10.6 Å². The number of thioether (sulfide) groups is 1. The Morgan fingerprint density at radius 1 is 1.07 bits per heavy atom. The number of terminal acetylenes is 1. The van der Waals surface area contributed by atoms with Crippen LogP contribution in [0.2, 0.25) is 5.02 Å². The summed E-state index contributed by atoms with van der Waals surface area (Å²) in [6.45, 7) is 0.103. The SMILES string of the molecule is C#CCOc1ccc2ccccc2c1/C=C1/SC(=O)N(c2ccc(Cl)cc2)C1=O. The second kappa shape index (κ2) is 8.04. The summed E-state index contributed by atoms with van der Waals surface area (Å²) in [5, 5.41) is 2.06. The number of carbonyl (C=O) groups excluding carboxylic acids is 2. The quantitative estimate of drug-likeness (QED) is 0.399. The van der Waals surface area contributed by atoms with Crippen LogP contribution < -0.4 is 9.64 Å². The zero-order chi connectivity index (χ0) is 20.4. The molecule has 0 saturated carbocycles. The zero-order valence-corrected chi connectivity index (χ0v) is 16.7. The highest BCUT2D eigenvalue weighted by Crippen LogP contribution is 2.39. The lowest BCUT2D eigenvalue weighted by Gasteiger charge is -2.12. The van der Waals surface area contributed by atoms with E-state index < -0.39 is 5.91 Å². The van der Waals surface area contributed by atoms with Crippen LogP contribution in [0.15, 0.2) is 65.6 Å². The van der Waals surface area contributed by atoms with Crippen LogP contribution in [0.5, 0.6) is 5.75 Å². The fraction of sp³-hybridized carbons (Fsp3) is 0.0435. The number of hydrogen-bond acceptors (Lipinski definition) is 4. The minimum Gasteiger partial charge on any atom is -0.480 e. The molecule has 0 aromatic heterocycles. The second-order valence-electron chi connectivity index (χ2n) is 6.18. The van der Waals surface area contributed by atoms with Crippen LogP contribution in [0.3, 0.4) is 0 Å². The monoisotopic (exact) mass is 419 g/mol. The molecule has 0 N–H and O–H groups in total. The van der Waals surface area contributed by atoms with Gasteiger partial charge in [0, 0.05) is 10.6 Å². The number of benzene rings is 3. The third-order valence-electron chi connectivity index (χ3n) is 4.40. The van der Waals surface area contributed by atoms with E-state index in [4.69, 9.17) is 22.8 Å². The molecule has 6 heteroatoms. The molecule has 2 amide bonds. The average molecular weight is 420 g/mol. The van der Waals surface area contributed by atoms with Crippen molar-refractivity contribution < 1.29 is 14.3 Å². The van der Waals surface area contributed by atoms with Gasteiger partial charge in [0.25, 0.3) is 11.1 Å². The maximum absolute atomic E-state index is 13.0. The van der Waals surface area contributed by atoms with Crippen molar-refractivity contribution in [2.75, 3.05) is 11.5 Å². The molecule has 0 bridgehead atoms. The predicted octanol–water partition coefficient (Wildman–Crippen LogP) is 5.75. The van der Waals surface area contributed by atoms with Gasteiger partial charge in [-0.1, -0.05) is 47.9 Å². The fourth-order valence-electron chi connectivity index (χ4n) is 3.08. The molecule has 1 aliphatic heterocycles. The molecule has 1 aliphatic rings. The Morgan fingerprint density at radius 2 is 1.83 bits per heavy atom. The number of ether oxygens (including phenoxy) is 1. The van der Waals surface area contributed by atoms with Crippen molar-refractivity contribution in [3.8, 4) is 18.1 Å². The smallest absolute Gasteiger partial charge is 0.298 e. The normalized spacial score (nSPS) is 15.2. The van der Waals surface area contributed by atoms with Gasteiger partial charge in [-0.05, 0) is 58.9 Å². The molecule has 0 spiro atoms. The average Bonchev–Trinajstić information content (AvgIpc) is 3.01. The summed E-state index contributed by atoms with van der Waals surface area (Å²) < 4.78 is 5.68. The predicted molar refractivity (Wildman–Crippen MR) is 118 cm³/mol. The summed E-state index contributed by atoms with van der Waals surface area (Å²) >= 11 is 6.80. The van der Waals surface area contributed by atoms with Crippen molar-refractivity contribution in [2.24, 2.45) is 0 Å². The number of anilines is 1. The number of rotatable bonds is 4. The molecule has 3 aromatic carbocycles. The van der Waals surface area contributed by atoms with E-state index in [2.05, 4.69) is 5.92 Å². The fourth-order valence-corrected chi connectivity index (χ4v) is 4.03. The lowest BCUT2D eigenvalue weighted by atomic mass is 10.0. The van der Waals surface area contributed by atoms with E-state index in [1.54, 1.807) is 30.3 Å². The first-order chi connectivity index (χ1) is 14.1. The number of fused-ring (bicyclic) bond motifs is 1. The summed E-state index contributed by atoms with van der Waals surface area (Å²) in [4.78, 5) is 27.0. The van der Waals surface area contributed by atoms with E-state index in [0.717, 1.165) is 27.4 Å². The first-order valence-corrected chi connectivity index (χ1v) is 9.89. The Morgan fingerprint density at radius 3 is 2.59 bits per heavy atom. The largest absolute Gasteiger partial charge is 0.480 e. The lowest BCUT2D eigenvalue weighted by molar-refractivity contribution is -0.113. The molecular formula is C23H14ClNO3S. The van der Waals surface area contributed by atoms with Crippen molar-refractivity contribution >= 4 is 57.0 Å². The van der Waals surface area contributed by atoms with E-state index in [9.17, 15) is 9.59 Å². The molecular weight excluding hydrogens is 406 g/mol. The number of carbonyl (C=O) groups is 2. The maximum atomic E-state index is 13.0. The van der Waals surface area contributed by atoms with E-state index >= 15 is 0 Å². The highest BCUT2D eigenvalue weighted by Gasteiger charge is 2.36. The highest BCUT2D eigenvalue weighted by molar-refractivity contribution is 8.19. The number of amides is 2. The van der Waals surface area contributed by atoms with Gasteiger partial charge in [0.15, 0.2) is 0 Å². The van der Waals surface area contributed by atoms with E-state index in [-0.39, 0.29) is 11.8 Å². The highest BCUT2D eigenvalue weighted by atomic mass is 35.5. The van der Waals surface area contributed by atoms with Crippen LogP contribution in [-0.4, -0.2) is 17.8 Å². The third-order valence-corrected chi connectivity index (χ3v) is 5.52. The molecule has 4 rings (SSSR count). The molecule has 1 saturated heterocycles. The maximum Gasteiger partial charge on any atom is 0.298 e. The molecule has 142 valence electrons. The van der Waals surface area contributed by atoms with Gasteiger partial charge in [0.2, 0.25) is 0 Å². The molecule has 0 unspecified atom stereocenters. The molecule has 1 fully saturated rings. The molecule has 29 heavy (non-hydrogen) atoms. The summed E-state index contributed by atoms with van der Waals surface area (Å²) in [6, 6.07) is 18.0. The van der Waals surface area contributed by atoms with Crippen LogP contribution in [0, 0.1) is 12.3 Å². The first-order valence-electron chi connectivity index (χ1n) is 8.70. The molecule has 0 atom stereocenters. The van der Waals surface area contributed by atoms with Crippen LogP contribution in [0.25, 0.3) is 16.8 Å². The zero-order valence-electron chi connectivity index (χ0n) is 15.1. The van der Waals surface area contributed by atoms with E-state index in [1.807, 2.05) is 36.4 Å². The van der Waals surface area contributed by atoms with Gasteiger partial charge in [0.1, 0.15) is 12.4 Å². The van der Waals surface area contributed by atoms with Gasteiger partial charge in [-0.3, -0.25) is 9.59 Å². The number of hydrogen-bond donors (Lipinski definition) is 0. The Labute approximate surface area is 177 Å². The number of imide groups is 1. The summed E-state index contributed by atoms with van der Waals surface area (Å²) in [6.07, 6.45) is 7.02. The molecule has 4 nitrogen and oxygen atoms in total. The standard InChI is InChI=1S/C23H14ClNO3S/c1-2-13-28-20-12-7-15-5-3-4-6-18(15)19(20)14-21-22(26)25(23(27)29-21)17-10-8-16(24)9-11-17/h1,3-12,14H,13H2/b21-14+. The summed E-state index contributed by atoms with van der Waals surface area (Å²) in [5.41, 5.74) is 1.18. The van der Waals surface area contributed by atoms with Gasteiger partial charge < -0.3 is 4.74 Å². The number of halogens is 1. The van der Waals surface area contributed by atoms with Gasteiger partial charge in [-0.25, -0.2) is 4.90 Å². The Bertz CT molecular complexity index is 1190. The van der Waals surface area contributed by atoms with Gasteiger partial charge in [-0.15, -0.1) is 6.42 Å². The van der Waals surface area contributed by atoms with Crippen LogP contribution in [-0.2, 0) is 4.79 Å². The third kappa shape index (κ3) is 3.73. The van der Waals surface area contributed by atoms with Gasteiger partial charge in [-0.2, -0.15) is 0 Å². The lowest BCUT2D eigenvalue weighted by Crippen LogP contribution is -2.27. The van der Waals surface area contributed by atoms with Crippen molar-refractivity contribution in [3.05, 3.63) is 76.2 Å². The molecule has 0 radical (unpaired) electrons. The van der Waals surface area contributed by atoms with Crippen LogP contribution in [0.4, 0.5) is 10.5 Å². The van der Waals surface area contributed by atoms with Crippen molar-refractivity contribution in [1.82, 2.24) is 0 Å². The minimum atomic E-state index is -0.391. The van der Waals surface area contributed by atoms with Crippen molar-refractivity contribution in [1.29, 1.82) is 0 Å². The van der Waals surface area contributed by atoms with E-state index in [1.165, 1.54) is 0 Å². The first kappa shape index (κ1) is 19.1. The topological polar surface area (TPSA) is 46.6 Å². The van der Waals surface area contributed by atoms with Crippen LogP contribution in [0.1, 0.15) is 5.56 Å². The number of nitrogens with zero attached hydrogens (tertiary/aromatic N) is 1. The second-order valence-corrected chi connectivity index (χ2v) is 7.61. The van der Waals surface area contributed by atoms with Crippen molar-refractivity contribution in [2.45, 2.75) is 0 Å². The van der Waals surface area contributed by atoms with Gasteiger partial charge >= 0.3 is 0 Å². The van der Waals surface area contributed by atoms with Crippen LogP contribution >= 0.6 is 23.4 Å².